The Morgan fingerprint density at radius 3 is 2.52 bits per heavy atom. The molecule has 6 nitrogen and oxygen atoms in total. The van der Waals surface area contributed by atoms with E-state index in [-0.39, 0.29) is 35.4 Å². The Morgan fingerprint density at radius 2 is 2.00 bits per heavy atom. The number of furan rings is 1. The van der Waals surface area contributed by atoms with Gasteiger partial charge in [0.25, 0.3) is 5.91 Å². The number of carbonyl (C=O) groups excluding carboxylic acids is 1. The van der Waals surface area contributed by atoms with Crippen molar-refractivity contribution in [2.24, 2.45) is 4.99 Å². The number of aliphatic imine (C=N–C) groups is 1. The van der Waals surface area contributed by atoms with Crippen molar-refractivity contribution in [3.63, 3.8) is 0 Å². The SMILES string of the molecule is CCNC(=NCCCNC(=O)c1occc1C)NC(C)(C)C.I. The van der Waals surface area contributed by atoms with Crippen molar-refractivity contribution in [3.8, 4) is 0 Å². The molecule has 1 aromatic heterocycles. The molecule has 1 aromatic rings. The van der Waals surface area contributed by atoms with Gasteiger partial charge in [-0.3, -0.25) is 9.79 Å². The van der Waals surface area contributed by atoms with Gasteiger partial charge in [-0.25, -0.2) is 0 Å². The molecule has 0 atom stereocenters. The quantitative estimate of drug-likeness (QED) is 0.277. The minimum absolute atomic E-state index is 0. The van der Waals surface area contributed by atoms with Crippen LogP contribution in [-0.4, -0.2) is 37.0 Å². The molecule has 0 bridgehead atoms. The Kier molecular flexibility index (Phi) is 9.94. The van der Waals surface area contributed by atoms with Crippen molar-refractivity contribution < 1.29 is 9.21 Å². The number of nitrogens with zero attached hydrogens (tertiary/aromatic N) is 1. The summed E-state index contributed by atoms with van der Waals surface area (Å²) in [6.07, 6.45) is 2.29. The first-order valence-corrected chi connectivity index (χ1v) is 7.72. The van der Waals surface area contributed by atoms with E-state index in [4.69, 9.17) is 4.42 Å². The van der Waals surface area contributed by atoms with E-state index >= 15 is 0 Å². The molecule has 0 aliphatic carbocycles. The number of carbonyl (C=O) groups is 1. The van der Waals surface area contributed by atoms with Crippen LogP contribution < -0.4 is 16.0 Å². The summed E-state index contributed by atoms with van der Waals surface area (Å²) >= 11 is 0. The van der Waals surface area contributed by atoms with Crippen molar-refractivity contribution >= 4 is 35.8 Å². The van der Waals surface area contributed by atoms with Gasteiger partial charge < -0.3 is 20.4 Å². The predicted octanol–water partition coefficient (Wildman–Crippen LogP) is 2.68. The van der Waals surface area contributed by atoms with Crippen LogP contribution in [0.4, 0.5) is 0 Å². The molecule has 1 heterocycles. The summed E-state index contributed by atoms with van der Waals surface area (Å²) in [5.41, 5.74) is 0.811. The highest BCUT2D eigenvalue weighted by Crippen LogP contribution is 2.07. The first-order chi connectivity index (χ1) is 10.3. The number of aryl methyl sites for hydroxylation is 1. The Morgan fingerprint density at radius 1 is 1.30 bits per heavy atom. The standard InChI is InChI=1S/C16H28N4O2.HI/c1-6-17-15(20-16(3,4)5)19-10-7-9-18-14(21)13-12(2)8-11-22-13;/h8,11H,6-7,9-10H2,1-5H3,(H,18,21)(H2,17,19,20);1H. The lowest BCUT2D eigenvalue weighted by Gasteiger charge is -2.23. The van der Waals surface area contributed by atoms with Crippen molar-refractivity contribution in [3.05, 3.63) is 23.7 Å². The predicted molar refractivity (Wildman–Crippen MR) is 105 cm³/mol. The third-order valence-electron chi connectivity index (χ3n) is 2.80. The Bertz CT molecular complexity index is 506. The van der Waals surface area contributed by atoms with E-state index in [2.05, 4.69) is 41.7 Å². The first kappa shape index (κ1) is 21.8. The second-order valence-electron chi connectivity index (χ2n) is 6.18. The fraction of sp³-hybridized carbons (Fsp3) is 0.625. The number of guanidine groups is 1. The molecule has 0 aliphatic heterocycles. The molecule has 0 fully saturated rings. The normalized spacial score (nSPS) is 11.6. The Hall–Kier alpha value is -1.25. The number of hydrogen-bond donors (Lipinski definition) is 3. The van der Waals surface area contributed by atoms with Crippen LogP contribution in [0, 0.1) is 6.92 Å². The summed E-state index contributed by atoms with van der Waals surface area (Å²) in [6, 6.07) is 1.78. The summed E-state index contributed by atoms with van der Waals surface area (Å²) in [7, 11) is 0. The fourth-order valence-corrected chi connectivity index (χ4v) is 1.82. The van der Waals surface area contributed by atoms with Crippen LogP contribution in [0.3, 0.4) is 0 Å². The average Bonchev–Trinajstić information content (AvgIpc) is 2.83. The number of halogens is 1. The molecule has 0 saturated heterocycles. The highest BCUT2D eigenvalue weighted by Gasteiger charge is 2.12. The molecule has 0 spiro atoms. The molecule has 0 radical (unpaired) electrons. The van der Waals surface area contributed by atoms with Gasteiger partial charge in [0.05, 0.1) is 6.26 Å². The molecule has 1 amide bonds. The lowest BCUT2D eigenvalue weighted by molar-refractivity contribution is 0.0925. The van der Waals surface area contributed by atoms with E-state index in [1.807, 2.05) is 13.8 Å². The van der Waals surface area contributed by atoms with Crippen LogP contribution in [0.1, 0.15) is 50.2 Å². The molecule has 23 heavy (non-hydrogen) atoms. The number of hydrogen-bond acceptors (Lipinski definition) is 3. The highest BCUT2D eigenvalue weighted by atomic mass is 127. The summed E-state index contributed by atoms with van der Waals surface area (Å²) < 4.78 is 5.15. The molecule has 132 valence electrons. The van der Waals surface area contributed by atoms with Crippen LogP contribution in [0.25, 0.3) is 0 Å². The van der Waals surface area contributed by atoms with Gasteiger partial charge in [0.1, 0.15) is 0 Å². The van der Waals surface area contributed by atoms with Crippen molar-refractivity contribution in [1.82, 2.24) is 16.0 Å². The van der Waals surface area contributed by atoms with Crippen LogP contribution in [0.5, 0.6) is 0 Å². The minimum Gasteiger partial charge on any atom is -0.459 e. The third kappa shape index (κ3) is 8.83. The zero-order valence-electron chi connectivity index (χ0n) is 14.7. The molecule has 1 rings (SSSR count). The molecule has 0 saturated carbocycles. The van der Waals surface area contributed by atoms with E-state index in [1.165, 1.54) is 6.26 Å². The number of amides is 1. The van der Waals surface area contributed by atoms with E-state index in [0.29, 0.717) is 18.8 Å². The van der Waals surface area contributed by atoms with Gasteiger partial charge in [-0.05, 0) is 47.1 Å². The molecule has 3 N–H and O–H groups in total. The lowest BCUT2D eigenvalue weighted by atomic mass is 10.1. The molecular weight excluding hydrogens is 407 g/mol. The first-order valence-electron chi connectivity index (χ1n) is 7.72. The largest absolute Gasteiger partial charge is 0.459 e. The summed E-state index contributed by atoms with van der Waals surface area (Å²) in [6.45, 7) is 12.2. The number of nitrogens with one attached hydrogen (secondary N) is 3. The van der Waals surface area contributed by atoms with E-state index in [1.54, 1.807) is 6.07 Å². The van der Waals surface area contributed by atoms with Gasteiger partial charge in [0.15, 0.2) is 11.7 Å². The topological polar surface area (TPSA) is 78.7 Å². The van der Waals surface area contributed by atoms with Crippen molar-refractivity contribution in [1.29, 1.82) is 0 Å². The summed E-state index contributed by atoms with van der Waals surface area (Å²) in [5.74, 6) is 1.00. The molecule has 0 unspecified atom stereocenters. The highest BCUT2D eigenvalue weighted by molar-refractivity contribution is 14.0. The maximum absolute atomic E-state index is 11.8. The fourth-order valence-electron chi connectivity index (χ4n) is 1.82. The van der Waals surface area contributed by atoms with Gasteiger partial charge in [0.2, 0.25) is 0 Å². The van der Waals surface area contributed by atoms with Crippen molar-refractivity contribution in [2.75, 3.05) is 19.6 Å². The van der Waals surface area contributed by atoms with Gasteiger partial charge >= 0.3 is 0 Å². The van der Waals surface area contributed by atoms with Gasteiger partial charge in [-0.15, -0.1) is 24.0 Å². The smallest absolute Gasteiger partial charge is 0.287 e. The second-order valence-corrected chi connectivity index (χ2v) is 6.18. The lowest BCUT2D eigenvalue weighted by Crippen LogP contribution is -2.47. The zero-order chi connectivity index (χ0) is 16.6. The Labute approximate surface area is 155 Å². The van der Waals surface area contributed by atoms with Crippen LogP contribution in [0.2, 0.25) is 0 Å². The monoisotopic (exact) mass is 436 g/mol. The van der Waals surface area contributed by atoms with E-state index < -0.39 is 0 Å². The Balaban J connectivity index is 0.00000484. The summed E-state index contributed by atoms with van der Waals surface area (Å²) in [4.78, 5) is 16.3. The molecule has 7 heteroatoms. The molecule has 0 aliphatic rings. The van der Waals surface area contributed by atoms with Crippen LogP contribution in [-0.2, 0) is 0 Å². The molecular formula is C16H29IN4O2. The maximum atomic E-state index is 11.8. The van der Waals surface area contributed by atoms with Gasteiger partial charge in [-0.1, -0.05) is 0 Å². The van der Waals surface area contributed by atoms with Gasteiger partial charge in [-0.2, -0.15) is 0 Å². The summed E-state index contributed by atoms with van der Waals surface area (Å²) in [5, 5.41) is 9.37. The van der Waals surface area contributed by atoms with Crippen LogP contribution >= 0.6 is 24.0 Å². The van der Waals surface area contributed by atoms with Crippen LogP contribution in [0.15, 0.2) is 21.7 Å². The third-order valence-corrected chi connectivity index (χ3v) is 2.80. The average molecular weight is 436 g/mol. The van der Waals surface area contributed by atoms with E-state index in [0.717, 1.165) is 24.5 Å². The molecule has 0 aromatic carbocycles. The van der Waals surface area contributed by atoms with Crippen molar-refractivity contribution in [2.45, 2.75) is 46.6 Å². The maximum Gasteiger partial charge on any atom is 0.287 e. The number of rotatable bonds is 6. The van der Waals surface area contributed by atoms with Gasteiger partial charge in [0, 0.05) is 30.7 Å². The minimum atomic E-state index is -0.175. The van der Waals surface area contributed by atoms with E-state index in [9.17, 15) is 4.79 Å². The zero-order valence-corrected chi connectivity index (χ0v) is 17.0. The second kappa shape index (κ2) is 10.5.